The van der Waals surface area contributed by atoms with Crippen molar-refractivity contribution in [1.82, 2.24) is 10.4 Å². The van der Waals surface area contributed by atoms with Gasteiger partial charge >= 0.3 is 0 Å². The van der Waals surface area contributed by atoms with Crippen molar-refractivity contribution >= 4 is 0 Å². The van der Waals surface area contributed by atoms with Crippen molar-refractivity contribution in [3.05, 3.63) is 54.2 Å². The molecule has 0 aromatic carbocycles. The van der Waals surface area contributed by atoms with Gasteiger partial charge in [0.25, 0.3) is 0 Å². The van der Waals surface area contributed by atoms with Crippen molar-refractivity contribution in [3.8, 4) is 0 Å². The summed E-state index contributed by atoms with van der Waals surface area (Å²) in [4.78, 5) is 4.06. The number of pyridine rings is 1. The standard InChI is InChI=1S/C11H13N3O/c12-14-11(6-9-3-5-15-8-9)10-2-1-4-13-7-10/h1-5,7-8,11,14H,6,12H2. The van der Waals surface area contributed by atoms with Crippen LogP contribution in [0.1, 0.15) is 17.2 Å². The van der Waals surface area contributed by atoms with Crippen LogP contribution in [0.15, 0.2) is 47.5 Å². The smallest absolute Gasteiger partial charge is 0.0935 e. The number of nitrogens with one attached hydrogen (secondary N) is 1. The number of aromatic nitrogens is 1. The van der Waals surface area contributed by atoms with Crippen LogP contribution in [0.3, 0.4) is 0 Å². The molecule has 78 valence electrons. The first kappa shape index (κ1) is 9.89. The van der Waals surface area contributed by atoms with Crippen molar-refractivity contribution in [2.24, 2.45) is 5.84 Å². The Balaban J connectivity index is 2.12. The van der Waals surface area contributed by atoms with Crippen molar-refractivity contribution < 1.29 is 4.42 Å². The Morgan fingerprint density at radius 2 is 2.40 bits per heavy atom. The highest BCUT2D eigenvalue weighted by Gasteiger charge is 2.10. The molecule has 2 rings (SSSR count). The van der Waals surface area contributed by atoms with E-state index in [2.05, 4.69) is 10.4 Å². The van der Waals surface area contributed by atoms with Crippen molar-refractivity contribution in [2.75, 3.05) is 0 Å². The molecule has 2 aromatic rings. The fourth-order valence-electron chi connectivity index (χ4n) is 1.50. The third kappa shape index (κ3) is 2.43. The lowest BCUT2D eigenvalue weighted by Gasteiger charge is -2.14. The minimum atomic E-state index is 0.0660. The van der Waals surface area contributed by atoms with Gasteiger partial charge in [0.05, 0.1) is 18.6 Å². The van der Waals surface area contributed by atoms with Crippen LogP contribution in [-0.2, 0) is 6.42 Å². The van der Waals surface area contributed by atoms with Crippen molar-refractivity contribution in [1.29, 1.82) is 0 Å². The largest absolute Gasteiger partial charge is 0.472 e. The summed E-state index contributed by atoms with van der Waals surface area (Å²) in [5.74, 6) is 5.51. The minimum absolute atomic E-state index is 0.0660. The molecular formula is C11H13N3O. The molecule has 4 heteroatoms. The van der Waals surface area contributed by atoms with Crippen LogP contribution >= 0.6 is 0 Å². The number of nitrogens with two attached hydrogens (primary N) is 1. The number of hydrazine groups is 1. The molecule has 15 heavy (non-hydrogen) atoms. The van der Waals surface area contributed by atoms with Gasteiger partial charge in [0.1, 0.15) is 0 Å². The van der Waals surface area contributed by atoms with E-state index in [0.717, 1.165) is 17.5 Å². The Morgan fingerprint density at radius 3 is 3.00 bits per heavy atom. The molecule has 0 bridgehead atoms. The summed E-state index contributed by atoms with van der Waals surface area (Å²) in [5, 5.41) is 0. The summed E-state index contributed by atoms with van der Waals surface area (Å²) < 4.78 is 5.01. The summed E-state index contributed by atoms with van der Waals surface area (Å²) in [7, 11) is 0. The van der Waals surface area contributed by atoms with Crippen LogP contribution in [0.2, 0.25) is 0 Å². The molecule has 0 aliphatic carbocycles. The Kier molecular flexibility index (Phi) is 3.11. The molecule has 0 saturated carbocycles. The van der Waals surface area contributed by atoms with E-state index in [1.54, 1.807) is 18.7 Å². The van der Waals surface area contributed by atoms with Crippen molar-refractivity contribution in [2.45, 2.75) is 12.5 Å². The molecular weight excluding hydrogens is 190 g/mol. The quantitative estimate of drug-likeness (QED) is 0.582. The first-order chi connectivity index (χ1) is 7.40. The molecule has 3 N–H and O–H groups in total. The molecule has 0 aliphatic heterocycles. The Labute approximate surface area is 88.1 Å². The zero-order valence-electron chi connectivity index (χ0n) is 8.26. The molecule has 2 heterocycles. The van der Waals surface area contributed by atoms with E-state index in [0.29, 0.717) is 0 Å². The normalized spacial score (nSPS) is 12.6. The molecule has 0 amide bonds. The average molecular weight is 203 g/mol. The van der Waals surface area contributed by atoms with E-state index in [1.807, 2.05) is 24.4 Å². The third-order valence-corrected chi connectivity index (χ3v) is 2.31. The van der Waals surface area contributed by atoms with Gasteiger partial charge in [0, 0.05) is 12.4 Å². The van der Waals surface area contributed by atoms with E-state index < -0.39 is 0 Å². The van der Waals surface area contributed by atoms with E-state index in [4.69, 9.17) is 10.3 Å². The lowest BCUT2D eigenvalue weighted by Crippen LogP contribution is -2.29. The summed E-state index contributed by atoms with van der Waals surface area (Å²) in [5.41, 5.74) is 4.96. The third-order valence-electron chi connectivity index (χ3n) is 2.31. The van der Waals surface area contributed by atoms with E-state index in [9.17, 15) is 0 Å². The first-order valence-corrected chi connectivity index (χ1v) is 4.77. The SMILES string of the molecule is NNC(Cc1ccoc1)c1cccnc1. The van der Waals surface area contributed by atoms with Gasteiger partial charge < -0.3 is 4.42 Å². The second kappa shape index (κ2) is 4.72. The summed E-state index contributed by atoms with van der Waals surface area (Å²) >= 11 is 0. The summed E-state index contributed by atoms with van der Waals surface area (Å²) in [6.07, 6.45) is 7.73. The predicted octanol–water partition coefficient (Wildman–Crippen LogP) is 1.42. The fraction of sp³-hybridized carbons (Fsp3) is 0.182. The summed E-state index contributed by atoms with van der Waals surface area (Å²) in [6.45, 7) is 0. The van der Waals surface area contributed by atoms with Gasteiger partial charge in [-0.3, -0.25) is 16.3 Å². The maximum Gasteiger partial charge on any atom is 0.0935 e. The number of rotatable bonds is 4. The Hall–Kier alpha value is -1.65. The molecule has 1 unspecified atom stereocenters. The lowest BCUT2D eigenvalue weighted by atomic mass is 10.0. The zero-order chi connectivity index (χ0) is 10.5. The van der Waals surface area contributed by atoms with Crippen LogP contribution < -0.4 is 11.3 Å². The van der Waals surface area contributed by atoms with Gasteiger partial charge in [0.15, 0.2) is 0 Å². The second-order valence-corrected chi connectivity index (χ2v) is 3.34. The van der Waals surface area contributed by atoms with Crippen LogP contribution in [0.4, 0.5) is 0 Å². The van der Waals surface area contributed by atoms with E-state index in [1.165, 1.54) is 0 Å². The van der Waals surface area contributed by atoms with Crippen LogP contribution in [0.25, 0.3) is 0 Å². The number of furan rings is 1. The maximum absolute atomic E-state index is 5.51. The lowest BCUT2D eigenvalue weighted by molar-refractivity contribution is 0.535. The van der Waals surface area contributed by atoms with Crippen LogP contribution in [0.5, 0.6) is 0 Å². The monoisotopic (exact) mass is 203 g/mol. The fourth-order valence-corrected chi connectivity index (χ4v) is 1.50. The molecule has 0 spiro atoms. The molecule has 2 aromatic heterocycles. The zero-order valence-corrected chi connectivity index (χ0v) is 8.26. The summed E-state index contributed by atoms with van der Waals surface area (Å²) in [6, 6.07) is 5.89. The van der Waals surface area contributed by atoms with Gasteiger partial charge in [-0.2, -0.15) is 0 Å². The average Bonchev–Trinajstić information content (AvgIpc) is 2.80. The second-order valence-electron chi connectivity index (χ2n) is 3.34. The van der Waals surface area contributed by atoms with Gasteiger partial charge in [-0.15, -0.1) is 0 Å². The maximum atomic E-state index is 5.51. The van der Waals surface area contributed by atoms with Gasteiger partial charge in [-0.1, -0.05) is 6.07 Å². The molecule has 0 radical (unpaired) electrons. The number of nitrogens with zero attached hydrogens (tertiary/aromatic N) is 1. The highest BCUT2D eigenvalue weighted by molar-refractivity contribution is 5.18. The van der Waals surface area contributed by atoms with Gasteiger partial charge in [-0.05, 0) is 29.7 Å². The molecule has 1 atom stereocenters. The van der Waals surface area contributed by atoms with Crippen molar-refractivity contribution in [3.63, 3.8) is 0 Å². The first-order valence-electron chi connectivity index (χ1n) is 4.77. The number of hydrogen-bond donors (Lipinski definition) is 2. The highest BCUT2D eigenvalue weighted by Crippen LogP contribution is 2.16. The van der Waals surface area contributed by atoms with E-state index in [-0.39, 0.29) is 6.04 Å². The highest BCUT2D eigenvalue weighted by atomic mass is 16.3. The minimum Gasteiger partial charge on any atom is -0.472 e. The number of hydrogen-bond acceptors (Lipinski definition) is 4. The Morgan fingerprint density at radius 1 is 1.47 bits per heavy atom. The van der Waals surface area contributed by atoms with Gasteiger partial charge in [-0.25, -0.2) is 0 Å². The van der Waals surface area contributed by atoms with E-state index >= 15 is 0 Å². The topological polar surface area (TPSA) is 64.1 Å². The van der Waals surface area contributed by atoms with Crippen LogP contribution in [-0.4, -0.2) is 4.98 Å². The Bertz CT molecular complexity index is 385. The molecule has 0 fully saturated rings. The van der Waals surface area contributed by atoms with Crippen LogP contribution in [0, 0.1) is 0 Å². The van der Waals surface area contributed by atoms with Gasteiger partial charge in [0.2, 0.25) is 0 Å². The predicted molar refractivity (Wildman–Crippen MR) is 56.7 cm³/mol. The molecule has 4 nitrogen and oxygen atoms in total. The molecule has 0 aliphatic rings. The molecule has 0 saturated heterocycles.